The largest absolute Gasteiger partial charge is 0.507 e. The van der Waals surface area contributed by atoms with Gasteiger partial charge in [-0.15, -0.1) is 0 Å². The van der Waals surface area contributed by atoms with Crippen LogP contribution in [0.3, 0.4) is 0 Å². The van der Waals surface area contributed by atoms with Crippen molar-refractivity contribution in [2.75, 3.05) is 26.2 Å². The Bertz CT molecular complexity index is 909. The molecule has 7 heteroatoms. The topological polar surface area (TPSA) is 73.7 Å². The SMILES string of the molecule is CCN(CC)CCN1C(=O)C(=O)/C(=C(/O)c2ccc(F)cc2)C1c1ccccn1. The van der Waals surface area contributed by atoms with Gasteiger partial charge in [0.15, 0.2) is 0 Å². The van der Waals surface area contributed by atoms with Gasteiger partial charge in [-0.05, 0) is 49.5 Å². The van der Waals surface area contributed by atoms with E-state index in [2.05, 4.69) is 9.88 Å². The minimum Gasteiger partial charge on any atom is -0.507 e. The average molecular weight is 397 g/mol. The van der Waals surface area contributed by atoms with Crippen molar-refractivity contribution in [2.45, 2.75) is 19.9 Å². The number of likely N-dealkylation sites (tertiary alicyclic amines) is 1. The zero-order chi connectivity index (χ0) is 21.0. The molecule has 0 spiro atoms. The summed E-state index contributed by atoms with van der Waals surface area (Å²) in [5, 5.41) is 10.8. The maximum Gasteiger partial charge on any atom is 0.295 e. The molecular formula is C22H24FN3O3. The summed E-state index contributed by atoms with van der Waals surface area (Å²) in [5.41, 5.74) is 0.740. The van der Waals surface area contributed by atoms with E-state index in [1.807, 2.05) is 13.8 Å². The van der Waals surface area contributed by atoms with Crippen LogP contribution >= 0.6 is 0 Å². The number of aliphatic hydroxyl groups excluding tert-OH is 1. The van der Waals surface area contributed by atoms with Gasteiger partial charge in [-0.1, -0.05) is 19.9 Å². The molecule has 6 nitrogen and oxygen atoms in total. The third-order valence-corrected chi connectivity index (χ3v) is 5.18. The van der Waals surface area contributed by atoms with Crippen LogP contribution in [0.5, 0.6) is 0 Å². The lowest BCUT2D eigenvalue weighted by molar-refractivity contribution is -0.140. The van der Waals surface area contributed by atoms with E-state index in [0.29, 0.717) is 18.8 Å². The van der Waals surface area contributed by atoms with Crippen LogP contribution in [-0.2, 0) is 9.59 Å². The van der Waals surface area contributed by atoms with E-state index in [9.17, 15) is 19.1 Å². The third-order valence-electron chi connectivity index (χ3n) is 5.18. The molecule has 0 radical (unpaired) electrons. The first-order valence-corrected chi connectivity index (χ1v) is 9.65. The van der Waals surface area contributed by atoms with Crippen LogP contribution in [-0.4, -0.2) is 57.8 Å². The molecule has 0 bridgehead atoms. The standard InChI is InChI=1S/C22H24FN3O3/c1-3-25(4-2)13-14-26-19(17-7-5-6-12-24-17)18(21(28)22(26)29)20(27)15-8-10-16(23)11-9-15/h5-12,19,27H,3-4,13-14H2,1-2H3/b20-18+. The maximum atomic E-state index is 13.3. The van der Waals surface area contributed by atoms with Gasteiger partial charge in [0.25, 0.3) is 11.7 Å². The molecule has 2 aromatic rings. The number of carbonyl (C=O) groups excluding carboxylic acids is 2. The fourth-order valence-electron chi connectivity index (χ4n) is 3.51. The van der Waals surface area contributed by atoms with Crippen LogP contribution in [0, 0.1) is 5.82 Å². The summed E-state index contributed by atoms with van der Waals surface area (Å²) < 4.78 is 13.3. The lowest BCUT2D eigenvalue weighted by atomic mass is 9.98. The molecule has 0 aliphatic carbocycles. The molecule has 1 aliphatic rings. The van der Waals surface area contributed by atoms with Gasteiger partial charge in [-0.2, -0.15) is 0 Å². The highest BCUT2D eigenvalue weighted by molar-refractivity contribution is 6.46. The normalized spacial score (nSPS) is 18.6. The summed E-state index contributed by atoms with van der Waals surface area (Å²) in [6, 6.07) is 9.59. The van der Waals surface area contributed by atoms with Gasteiger partial charge in [-0.3, -0.25) is 14.6 Å². The van der Waals surface area contributed by atoms with E-state index in [-0.39, 0.29) is 16.9 Å². The van der Waals surface area contributed by atoms with E-state index in [1.165, 1.54) is 29.2 Å². The number of ketones is 1. The number of hydrogen-bond acceptors (Lipinski definition) is 5. The number of aromatic nitrogens is 1. The van der Waals surface area contributed by atoms with Gasteiger partial charge in [0.1, 0.15) is 17.6 Å². The number of carbonyl (C=O) groups is 2. The zero-order valence-electron chi connectivity index (χ0n) is 16.5. The van der Waals surface area contributed by atoms with Crippen LogP contribution < -0.4 is 0 Å². The molecule has 1 aliphatic heterocycles. The zero-order valence-corrected chi connectivity index (χ0v) is 16.5. The molecule has 3 rings (SSSR count). The Hall–Kier alpha value is -3.06. The fraction of sp³-hybridized carbons (Fsp3) is 0.318. The van der Waals surface area contributed by atoms with E-state index in [0.717, 1.165) is 13.1 Å². The number of pyridine rings is 1. The highest BCUT2D eigenvalue weighted by atomic mass is 19.1. The van der Waals surface area contributed by atoms with Crippen molar-refractivity contribution in [3.8, 4) is 0 Å². The third kappa shape index (κ3) is 4.19. The maximum absolute atomic E-state index is 13.3. The summed E-state index contributed by atoms with van der Waals surface area (Å²) in [4.78, 5) is 33.6. The highest BCUT2D eigenvalue weighted by Crippen LogP contribution is 2.38. The molecule has 1 saturated heterocycles. The number of hydrogen-bond donors (Lipinski definition) is 1. The molecule has 1 aromatic carbocycles. The van der Waals surface area contributed by atoms with Gasteiger partial charge in [0.2, 0.25) is 0 Å². The number of Topliss-reactive ketones (excluding diaryl/α,β-unsaturated/α-hetero) is 1. The molecule has 152 valence electrons. The lowest BCUT2D eigenvalue weighted by Gasteiger charge is -2.27. The summed E-state index contributed by atoms with van der Waals surface area (Å²) in [6.07, 6.45) is 1.58. The Morgan fingerprint density at radius 3 is 2.41 bits per heavy atom. The van der Waals surface area contributed by atoms with Crippen LogP contribution in [0.4, 0.5) is 4.39 Å². The fourth-order valence-corrected chi connectivity index (χ4v) is 3.51. The van der Waals surface area contributed by atoms with Gasteiger partial charge >= 0.3 is 0 Å². The summed E-state index contributed by atoms with van der Waals surface area (Å²) in [7, 11) is 0. The second-order valence-electron chi connectivity index (χ2n) is 6.78. The minimum atomic E-state index is -0.795. The van der Waals surface area contributed by atoms with Crippen LogP contribution in [0.1, 0.15) is 31.1 Å². The van der Waals surface area contributed by atoms with Crippen LogP contribution in [0.2, 0.25) is 0 Å². The molecule has 1 N–H and O–H groups in total. The van der Waals surface area contributed by atoms with Gasteiger partial charge in [-0.25, -0.2) is 4.39 Å². The molecule has 29 heavy (non-hydrogen) atoms. The molecule has 2 heterocycles. The minimum absolute atomic E-state index is 0.0279. The van der Waals surface area contributed by atoms with Gasteiger partial charge in [0.05, 0.1) is 11.3 Å². The van der Waals surface area contributed by atoms with Crippen molar-refractivity contribution in [1.29, 1.82) is 0 Å². The lowest BCUT2D eigenvalue weighted by Crippen LogP contribution is -2.38. The first kappa shape index (κ1) is 20.7. The van der Waals surface area contributed by atoms with Crippen molar-refractivity contribution in [3.63, 3.8) is 0 Å². The summed E-state index contributed by atoms with van der Waals surface area (Å²) >= 11 is 0. The quantitative estimate of drug-likeness (QED) is 0.442. The predicted molar refractivity (Wildman–Crippen MR) is 107 cm³/mol. The van der Waals surface area contributed by atoms with E-state index in [4.69, 9.17) is 0 Å². The number of aliphatic hydroxyl groups is 1. The molecule has 1 aromatic heterocycles. The van der Waals surface area contributed by atoms with Crippen LogP contribution in [0.25, 0.3) is 5.76 Å². The Balaban J connectivity index is 2.06. The van der Waals surface area contributed by atoms with Crippen LogP contribution in [0.15, 0.2) is 54.2 Å². The Labute approximate surface area is 169 Å². The number of rotatable bonds is 7. The number of nitrogens with zero attached hydrogens (tertiary/aromatic N) is 3. The number of halogens is 1. The molecule has 1 fully saturated rings. The second-order valence-corrected chi connectivity index (χ2v) is 6.78. The van der Waals surface area contributed by atoms with Gasteiger partial charge in [0, 0.05) is 24.8 Å². The predicted octanol–water partition coefficient (Wildman–Crippen LogP) is 2.98. The monoisotopic (exact) mass is 397 g/mol. The second kappa shape index (κ2) is 8.96. The number of amides is 1. The smallest absolute Gasteiger partial charge is 0.295 e. The van der Waals surface area contributed by atoms with E-state index in [1.54, 1.807) is 24.4 Å². The number of likely N-dealkylation sites (N-methyl/N-ethyl adjacent to an activating group) is 1. The molecule has 0 saturated carbocycles. The first-order valence-electron chi connectivity index (χ1n) is 9.65. The Kier molecular flexibility index (Phi) is 6.39. The molecule has 1 amide bonds. The van der Waals surface area contributed by atoms with E-state index >= 15 is 0 Å². The Morgan fingerprint density at radius 1 is 1.14 bits per heavy atom. The van der Waals surface area contributed by atoms with Crippen molar-refractivity contribution in [3.05, 3.63) is 71.3 Å². The summed E-state index contributed by atoms with van der Waals surface area (Å²) in [6.45, 7) is 6.63. The molecule has 1 unspecified atom stereocenters. The number of benzene rings is 1. The van der Waals surface area contributed by atoms with Crippen molar-refractivity contribution >= 4 is 17.4 Å². The molecular weight excluding hydrogens is 373 g/mol. The molecule has 1 atom stereocenters. The average Bonchev–Trinajstić information content (AvgIpc) is 3.00. The highest BCUT2D eigenvalue weighted by Gasteiger charge is 2.46. The van der Waals surface area contributed by atoms with Crippen molar-refractivity contribution in [1.82, 2.24) is 14.8 Å². The van der Waals surface area contributed by atoms with Crippen molar-refractivity contribution in [2.24, 2.45) is 0 Å². The van der Waals surface area contributed by atoms with E-state index < -0.39 is 23.5 Å². The summed E-state index contributed by atoms with van der Waals surface area (Å²) in [5.74, 6) is -2.22. The van der Waals surface area contributed by atoms with Crippen molar-refractivity contribution < 1.29 is 19.1 Å². The van der Waals surface area contributed by atoms with Gasteiger partial charge < -0.3 is 14.9 Å². The Morgan fingerprint density at radius 2 is 1.83 bits per heavy atom. The first-order chi connectivity index (χ1) is 14.0.